The van der Waals surface area contributed by atoms with Gasteiger partial charge in [-0.2, -0.15) is 17.4 Å². The van der Waals surface area contributed by atoms with Crippen LogP contribution in [0.1, 0.15) is 25.1 Å². The summed E-state index contributed by atoms with van der Waals surface area (Å²) in [6.45, 7) is 1.75. The second-order valence-electron chi connectivity index (χ2n) is 4.25. The summed E-state index contributed by atoms with van der Waals surface area (Å²) >= 11 is 0. The van der Waals surface area contributed by atoms with E-state index in [0.717, 1.165) is 4.31 Å². The van der Waals surface area contributed by atoms with Crippen molar-refractivity contribution < 1.29 is 17.9 Å². The number of nitrogens with one attached hydrogen (secondary N) is 1. The van der Waals surface area contributed by atoms with Crippen molar-refractivity contribution in [1.82, 2.24) is 14.0 Å². The van der Waals surface area contributed by atoms with Gasteiger partial charge in [-0.1, -0.05) is 6.07 Å². The number of pyridine rings is 1. The van der Waals surface area contributed by atoms with Crippen LogP contribution in [0.15, 0.2) is 24.4 Å². The van der Waals surface area contributed by atoms with E-state index in [9.17, 15) is 13.2 Å². The third-order valence-corrected chi connectivity index (χ3v) is 4.38. The fourth-order valence-electron chi connectivity index (χ4n) is 1.48. The van der Waals surface area contributed by atoms with E-state index in [0.29, 0.717) is 5.69 Å². The molecule has 0 aliphatic heterocycles. The van der Waals surface area contributed by atoms with E-state index in [-0.39, 0.29) is 13.0 Å². The smallest absolute Gasteiger partial charge is 0.306 e. The first-order valence-corrected chi connectivity index (χ1v) is 7.52. The molecule has 1 atom stereocenters. The number of methoxy groups -OCH3 is 1. The average molecular weight is 301 g/mol. The van der Waals surface area contributed by atoms with Crippen LogP contribution < -0.4 is 4.72 Å². The standard InChI is InChI=1S/C12H19N3O4S/c1-10(11-6-4-5-8-13-11)14-20(17,18)15(2)9-7-12(16)19-3/h4-6,8,10,14H,7,9H2,1-3H3. The summed E-state index contributed by atoms with van der Waals surface area (Å²) in [5.74, 6) is -0.454. The number of hydrogen-bond acceptors (Lipinski definition) is 5. The highest BCUT2D eigenvalue weighted by Gasteiger charge is 2.22. The van der Waals surface area contributed by atoms with Crippen LogP contribution in [0.3, 0.4) is 0 Å². The minimum Gasteiger partial charge on any atom is -0.469 e. The van der Waals surface area contributed by atoms with Gasteiger partial charge in [0.05, 0.1) is 25.3 Å². The van der Waals surface area contributed by atoms with Crippen molar-refractivity contribution in [3.05, 3.63) is 30.1 Å². The summed E-state index contributed by atoms with van der Waals surface area (Å²) in [5, 5.41) is 0. The molecule has 0 radical (unpaired) electrons. The first kappa shape index (κ1) is 16.5. The SMILES string of the molecule is COC(=O)CCN(C)S(=O)(=O)NC(C)c1ccccn1. The molecule has 0 amide bonds. The monoisotopic (exact) mass is 301 g/mol. The zero-order valence-corrected chi connectivity index (χ0v) is 12.6. The zero-order valence-electron chi connectivity index (χ0n) is 11.7. The second-order valence-corrected chi connectivity index (χ2v) is 6.06. The third kappa shape index (κ3) is 4.87. The lowest BCUT2D eigenvalue weighted by Crippen LogP contribution is -2.40. The quantitative estimate of drug-likeness (QED) is 0.740. The number of ether oxygens (including phenoxy) is 1. The third-order valence-electron chi connectivity index (χ3n) is 2.73. The topological polar surface area (TPSA) is 88.6 Å². The lowest BCUT2D eigenvalue weighted by molar-refractivity contribution is -0.140. The Labute approximate surface area is 119 Å². The van der Waals surface area contributed by atoms with Crippen LogP contribution in [0.2, 0.25) is 0 Å². The van der Waals surface area contributed by atoms with E-state index in [4.69, 9.17) is 0 Å². The number of carbonyl (C=O) groups is 1. The molecule has 112 valence electrons. The zero-order chi connectivity index (χ0) is 15.2. The Morgan fingerprint density at radius 3 is 2.75 bits per heavy atom. The Bertz CT molecular complexity index is 533. The molecule has 1 aromatic rings. The number of esters is 1. The van der Waals surface area contributed by atoms with Crippen molar-refractivity contribution in [2.24, 2.45) is 0 Å². The van der Waals surface area contributed by atoms with Gasteiger partial charge in [0.15, 0.2) is 0 Å². The molecule has 1 unspecified atom stereocenters. The summed E-state index contributed by atoms with van der Waals surface area (Å²) in [6.07, 6.45) is 1.60. The Hall–Kier alpha value is -1.51. The van der Waals surface area contributed by atoms with E-state index in [1.807, 2.05) is 0 Å². The second kappa shape index (κ2) is 7.32. The molecular weight excluding hydrogens is 282 g/mol. The van der Waals surface area contributed by atoms with Crippen LogP contribution in [0.25, 0.3) is 0 Å². The van der Waals surface area contributed by atoms with Gasteiger partial charge < -0.3 is 4.74 Å². The van der Waals surface area contributed by atoms with Gasteiger partial charge in [0.25, 0.3) is 10.2 Å². The summed E-state index contributed by atoms with van der Waals surface area (Å²) in [5.41, 5.74) is 0.623. The largest absolute Gasteiger partial charge is 0.469 e. The van der Waals surface area contributed by atoms with Crippen LogP contribution in [-0.2, 0) is 19.7 Å². The highest BCUT2D eigenvalue weighted by molar-refractivity contribution is 7.87. The lowest BCUT2D eigenvalue weighted by Gasteiger charge is -2.20. The van der Waals surface area contributed by atoms with Crippen molar-refractivity contribution in [2.45, 2.75) is 19.4 Å². The van der Waals surface area contributed by atoms with Crippen molar-refractivity contribution in [2.75, 3.05) is 20.7 Å². The van der Waals surface area contributed by atoms with E-state index >= 15 is 0 Å². The van der Waals surface area contributed by atoms with Crippen LogP contribution in [0.4, 0.5) is 0 Å². The van der Waals surface area contributed by atoms with E-state index in [1.54, 1.807) is 31.3 Å². The van der Waals surface area contributed by atoms with Gasteiger partial charge in [-0.3, -0.25) is 9.78 Å². The molecule has 0 fully saturated rings. The fourth-order valence-corrected chi connectivity index (χ4v) is 2.56. The van der Waals surface area contributed by atoms with Gasteiger partial charge in [0, 0.05) is 19.8 Å². The van der Waals surface area contributed by atoms with E-state index in [2.05, 4.69) is 14.4 Å². The summed E-state index contributed by atoms with van der Waals surface area (Å²) in [7, 11) is -1.01. The molecule has 0 aliphatic carbocycles. The van der Waals surface area contributed by atoms with Crippen LogP contribution in [0, 0.1) is 0 Å². The Balaban J connectivity index is 2.62. The minimum atomic E-state index is -3.68. The van der Waals surface area contributed by atoms with Crippen LogP contribution in [-0.4, -0.2) is 44.4 Å². The lowest BCUT2D eigenvalue weighted by atomic mass is 10.2. The Morgan fingerprint density at radius 2 is 2.20 bits per heavy atom. The predicted molar refractivity (Wildman–Crippen MR) is 74.0 cm³/mol. The van der Waals surface area contributed by atoms with Crippen molar-refractivity contribution >= 4 is 16.2 Å². The maximum atomic E-state index is 12.1. The van der Waals surface area contributed by atoms with Gasteiger partial charge in [-0.15, -0.1) is 0 Å². The molecule has 7 nitrogen and oxygen atoms in total. The highest BCUT2D eigenvalue weighted by atomic mass is 32.2. The molecule has 1 N–H and O–H groups in total. The summed E-state index contributed by atoms with van der Waals surface area (Å²) in [4.78, 5) is 15.1. The van der Waals surface area contributed by atoms with Crippen LogP contribution in [0.5, 0.6) is 0 Å². The van der Waals surface area contributed by atoms with Crippen molar-refractivity contribution in [1.29, 1.82) is 0 Å². The van der Waals surface area contributed by atoms with Gasteiger partial charge in [-0.05, 0) is 19.1 Å². The number of nitrogens with zero attached hydrogens (tertiary/aromatic N) is 2. The van der Waals surface area contributed by atoms with Crippen molar-refractivity contribution in [3.8, 4) is 0 Å². The number of carbonyl (C=O) groups excluding carboxylic acids is 1. The molecule has 1 aromatic heterocycles. The molecule has 0 aromatic carbocycles. The molecule has 8 heteroatoms. The van der Waals surface area contributed by atoms with Crippen molar-refractivity contribution in [3.63, 3.8) is 0 Å². The number of aromatic nitrogens is 1. The van der Waals surface area contributed by atoms with E-state index in [1.165, 1.54) is 14.2 Å². The fraction of sp³-hybridized carbons (Fsp3) is 0.500. The highest BCUT2D eigenvalue weighted by Crippen LogP contribution is 2.10. The Morgan fingerprint density at radius 1 is 1.50 bits per heavy atom. The average Bonchev–Trinajstić information content (AvgIpc) is 2.44. The molecule has 0 aliphatic rings. The molecule has 0 spiro atoms. The van der Waals surface area contributed by atoms with Gasteiger partial charge in [0.2, 0.25) is 0 Å². The molecular formula is C12H19N3O4S. The molecule has 0 saturated carbocycles. The molecule has 0 bridgehead atoms. The summed E-state index contributed by atoms with van der Waals surface area (Å²) < 4.78 is 32.1. The summed E-state index contributed by atoms with van der Waals surface area (Å²) in [6, 6.07) is 4.82. The molecule has 1 heterocycles. The maximum Gasteiger partial charge on any atom is 0.306 e. The predicted octanol–water partition coefficient (Wildman–Crippen LogP) is 0.472. The molecule has 1 rings (SSSR count). The first-order valence-electron chi connectivity index (χ1n) is 6.08. The van der Waals surface area contributed by atoms with Gasteiger partial charge >= 0.3 is 5.97 Å². The number of rotatable bonds is 7. The normalized spacial score (nSPS) is 13.2. The van der Waals surface area contributed by atoms with Gasteiger partial charge in [0.1, 0.15) is 0 Å². The van der Waals surface area contributed by atoms with E-state index < -0.39 is 22.2 Å². The Kier molecular flexibility index (Phi) is 6.05. The first-order chi connectivity index (χ1) is 9.36. The molecule has 20 heavy (non-hydrogen) atoms. The number of hydrogen-bond donors (Lipinski definition) is 1. The van der Waals surface area contributed by atoms with Gasteiger partial charge in [-0.25, -0.2) is 0 Å². The maximum absolute atomic E-state index is 12.1. The van der Waals surface area contributed by atoms with Crippen LogP contribution >= 0.6 is 0 Å². The molecule has 0 saturated heterocycles. The minimum absolute atomic E-state index is 0.00583.